The Morgan fingerprint density at radius 3 is 2.97 bits per heavy atom. The average Bonchev–Trinajstić information content (AvgIpc) is 3.36. The first-order valence-electron chi connectivity index (χ1n) is 9.93. The average molecular weight is 413 g/mol. The monoisotopic (exact) mass is 413 g/mol. The number of aromatic amines is 1. The van der Waals surface area contributed by atoms with Crippen molar-refractivity contribution in [1.29, 1.82) is 0 Å². The van der Waals surface area contributed by atoms with Gasteiger partial charge in [-0.05, 0) is 37.3 Å². The molecular formula is C23H20FN7. The van der Waals surface area contributed by atoms with E-state index in [1.54, 1.807) is 22.7 Å². The standard InChI is InChI=1S/C23H20FN7/c1-15-6-2-4-9-19(28-15)23-22(16-10-11-21-26-14-27-31(21)13-16)29-20(30-23)12-25-18-8-5-3-7-17(18)24/h2-11,13-14,19,25H,12H2,1H3,(H,29,30). The molecule has 0 bridgehead atoms. The Morgan fingerprint density at radius 1 is 1.16 bits per heavy atom. The van der Waals surface area contributed by atoms with Crippen LogP contribution < -0.4 is 5.32 Å². The van der Waals surface area contributed by atoms with Gasteiger partial charge in [0.05, 0.1) is 23.6 Å². The van der Waals surface area contributed by atoms with E-state index in [9.17, 15) is 4.39 Å². The quantitative estimate of drug-likeness (QED) is 0.505. The van der Waals surface area contributed by atoms with Crippen LogP contribution in [-0.2, 0) is 6.54 Å². The number of nitrogens with zero attached hydrogens (tertiary/aromatic N) is 5. The second-order valence-electron chi connectivity index (χ2n) is 7.22. The molecule has 0 fully saturated rings. The number of allylic oxidation sites excluding steroid dienone is 3. The van der Waals surface area contributed by atoms with E-state index in [1.165, 1.54) is 12.4 Å². The lowest BCUT2D eigenvalue weighted by atomic mass is 10.1. The number of imidazole rings is 1. The summed E-state index contributed by atoms with van der Waals surface area (Å²) in [5.74, 6) is 0.384. The summed E-state index contributed by atoms with van der Waals surface area (Å²) in [6, 6.07) is 10.2. The topological polar surface area (TPSA) is 83.3 Å². The third-order valence-corrected chi connectivity index (χ3v) is 5.03. The van der Waals surface area contributed by atoms with E-state index in [-0.39, 0.29) is 11.9 Å². The summed E-state index contributed by atoms with van der Waals surface area (Å²) < 4.78 is 15.7. The number of rotatable bonds is 5. The van der Waals surface area contributed by atoms with Gasteiger partial charge in [-0.1, -0.05) is 30.4 Å². The Balaban J connectivity index is 1.54. The molecule has 0 aliphatic carbocycles. The van der Waals surface area contributed by atoms with Crippen LogP contribution in [0.5, 0.6) is 0 Å². The summed E-state index contributed by atoms with van der Waals surface area (Å²) in [4.78, 5) is 17.2. The Morgan fingerprint density at radius 2 is 2.06 bits per heavy atom. The number of fused-ring (bicyclic) bond motifs is 1. The van der Waals surface area contributed by atoms with Crippen LogP contribution in [-0.4, -0.2) is 30.3 Å². The van der Waals surface area contributed by atoms with Crippen LogP contribution in [0.4, 0.5) is 10.1 Å². The van der Waals surface area contributed by atoms with Crippen LogP contribution >= 0.6 is 0 Å². The molecule has 4 heterocycles. The normalized spacial score (nSPS) is 15.8. The summed E-state index contributed by atoms with van der Waals surface area (Å²) >= 11 is 0. The molecule has 8 heteroatoms. The maximum absolute atomic E-state index is 14.0. The molecule has 0 amide bonds. The molecule has 1 atom stereocenters. The molecule has 0 saturated heterocycles. The van der Waals surface area contributed by atoms with Crippen molar-refractivity contribution in [3.8, 4) is 11.3 Å². The van der Waals surface area contributed by atoms with Crippen LogP contribution in [0.15, 0.2) is 78.2 Å². The number of hydrogen-bond acceptors (Lipinski definition) is 5. The number of H-pyrrole nitrogens is 1. The smallest absolute Gasteiger partial charge is 0.155 e. The summed E-state index contributed by atoms with van der Waals surface area (Å²) in [6.45, 7) is 2.31. The SMILES string of the molecule is CC1=NC(c2[nH]c(CNc3ccccc3F)nc2-c2ccc3ncnn3c2)C=CC=C1. The Labute approximate surface area is 178 Å². The third kappa shape index (κ3) is 3.87. The second-order valence-corrected chi connectivity index (χ2v) is 7.22. The van der Waals surface area contributed by atoms with Gasteiger partial charge in [0.2, 0.25) is 0 Å². The first-order chi connectivity index (χ1) is 15.2. The first kappa shape index (κ1) is 18.9. The van der Waals surface area contributed by atoms with E-state index in [2.05, 4.69) is 20.4 Å². The number of anilines is 1. The van der Waals surface area contributed by atoms with E-state index in [4.69, 9.17) is 9.98 Å². The molecule has 2 N–H and O–H groups in total. The minimum Gasteiger partial charge on any atom is -0.375 e. The predicted octanol–water partition coefficient (Wildman–Crippen LogP) is 4.50. The lowest BCUT2D eigenvalue weighted by molar-refractivity contribution is 0.630. The lowest BCUT2D eigenvalue weighted by Gasteiger charge is -2.09. The van der Waals surface area contributed by atoms with E-state index in [0.29, 0.717) is 18.1 Å². The fourth-order valence-electron chi connectivity index (χ4n) is 3.53. The number of nitrogens with one attached hydrogen (secondary N) is 2. The van der Waals surface area contributed by atoms with Crippen LogP contribution in [0.1, 0.15) is 24.5 Å². The predicted molar refractivity (Wildman–Crippen MR) is 118 cm³/mol. The van der Waals surface area contributed by atoms with Gasteiger partial charge in [-0.25, -0.2) is 18.9 Å². The zero-order valence-corrected chi connectivity index (χ0v) is 16.8. The van der Waals surface area contributed by atoms with E-state index in [0.717, 1.165) is 28.3 Å². The molecule has 0 spiro atoms. The summed E-state index contributed by atoms with van der Waals surface area (Å²) in [6.07, 6.45) is 11.3. The molecule has 7 nitrogen and oxygen atoms in total. The fourth-order valence-corrected chi connectivity index (χ4v) is 3.53. The van der Waals surface area contributed by atoms with Crippen molar-refractivity contribution >= 4 is 17.0 Å². The van der Waals surface area contributed by atoms with Gasteiger partial charge in [0, 0.05) is 17.5 Å². The Hall–Kier alpha value is -4.07. The molecule has 1 aromatic carbocycles. The minimum absolute atomic E-state index is 0.217. The van der Waals surface area contributed by atoms with Crippen LogP contribution in [0.25, 0.3) is 16.9 Å². The van der Waals surface area contributed by atoms with Gasteiger partial charge < -0.3 is 10.3 Å². The molecular weight excluding hydrogens is 393 g/mol. The number of para-hydroxylation sites is 1. The molecule has 1 aliphatic rings. The van der Waals surface area contributed by atoms with Crippen molar-refractivity contribution in [2.75, 3.05) is 5.32 Å². The fraction of sp³-hybridized carbons (Fsp3) is 0.130. The van der Waals surface area contributed by atoms with E-state index in [1.807, 2.05) is 49.6 Å². The van der Waals surface area contributed by atoms with Gasteiger partial charge in [-0.15, -0.1) is 0 Å². The number of halogens is 1. The van der Waals surface area contributed by atoms with Crippen molar-refractivity contribution in [3.05, 3.63) is 90.6 Å². The van der Waals surface area contributed by atoms with E-state index < -0.39 is 0 Å². The molecule has 31 heavy (non-hydrogen) atoms. The first-order valence-corrected chi connectivity index (χ1v) is 9.93. The van der Waals surface area contributed by atoms with Gasteiger partial charge >= 0.3 is 0 Å². The molecule has 0 radical (unpaired) electrons. The highest BCUT2D eigenvalue weighted by Gasteiger charge is 2.20. The van der Waals surface area contributed by atoms with Gasteiger partial charge in [-0.2, -0.15) is 5.10 Å². The highest BCUT2D eigenvalue weighted by molar-refractivity contribution is 5.93. The van der Waals surface area contributed by atoms with Crippen LogP contribution in [0.3, 0.4) is 0 Å². The summed E-state index contributed by atoms with van der Waals surface area (Å²) in [7, 11) is 0. The number of benzene rings is 1. The molecule has 0 saturated carbocycles. The highest BCUT2D eigenvalue weighted by Crippen LogP contribution is 2.30. The number of pyridine rings is 1. The van der Waals surface area contributed by atoms with Crippen molar-refractivity contribution in [3.63, 3.8) is 0 Å². The summed E-state index contributed by atoms with van der Waals surface area (Å²) in [5, 5.41) is 7.34. The largest absolute Gasteiger partial charge is 0.375 e. The maximum atomic E-state index is 14.0. The van der Waals surface area contributed by atoms with E-state index >= 15 is 0 Å². The van der Waals surface area contributed by atoms with Crippen molar-refractivity contribution in [1.82, 2.24) is 24.6 Å². The zero-order chi connectivity index (χ0) is 21.2. The van der Waals surface area contributed by atoms with Crippen molar-refractivity contribution in [2.24, 2.45) is 4.99 Å². The Bertz CT molecular complexity index is 1330. The third-order valence-electron chi connectivity index (χ3n) is 5.03. The second kappa shape index (κ2) is 7.98. The Kier molecular flexibility index (Phi) is 4.87. The van der Waals surface area contributed by atoms with Gasteiger partial charge in [-0.3, -0.25) is 4.99 Å². The number of aliphatic imine (C=N–C) groups is 1. The molecule has 154 valence electrons. The van der Waals surface area contributed by atoms with Gasteiger partial charge in [0.15, 0.2) is 5.65 Å². The van der Waals surface area contributed by atoms with Crippen molar-refractivity contribution in [2.45, 2.75) is 19.5 Å². The lowest BCUT2D eigenvalue weighted by Crippen LogP contribution is -2.03. The number of aromatic nitrogens is 5. The minimum atomic E-state index is -0.302. The van der Waals surface area contributed by atoms with Gasteiger partial charge in [0.1, 0.15) is 24.0 Å². The van der Waals surface area contributed by atoms with Crippen LogP contribution in [0, 0.1) is 5.82 Å². The molecule has 4 aromatic rings. The molecule has 3 aromatic heterocycles. The maximum Gasteiger partial charge on any atom is 0.155 e. The summed E-state index contributed by atoms with van der Waals surface area (Å²) in [5.41, 5.74) is 4.64. The van der Waals surface area contributed by atoms with Gasteiger partial charge in [0.25, 0.3) is 0 Å². The molecule has 1 aliphatic heterocycles. The molecule has 1 unspecified atom stereocenters. The highest BCUT2D eigenvalue weighted by atomic mass is 19.1. The number of hydrogen-bond donors (Lipinski definition) is 2. The zero-order valence-electron chi connectivity index (χ0n) is 16.8. The van der Waals surface area contributed by atoms with Crippen LogP contribution in [0.2, 0.25) is 0 Å². The molecule has 5 rings (SSSR count). The van der Waals surface area contributed by atoms with Crippen molar-refractivity contribution < 1.29 is 4.39 Å².